The summed E-state index contributed by atoms with van der Waals surface area (Å²) in [6.45, 7) is 1.75. The molecule has 0 saturated carbocycles. The lowest BCUT2D eigenvalue weighted by molar-refractivity contribution is -0.152. The first-order valence-corrected chi connectivity index (χ1v) is 10.7. The molecule has 1 aliphatic carbocycles. The summed E-state index contributed by atoms with van der Waals surface area (Å²) in [4.78, 5) is 17.3. The van der Waals surface area contributed by atoms with Crippen LogP contribution in [0.15, 0.2) is 72.9 Å². The molecule has 0 radical (unpaired) electrons. The van der Waals surface area contributed by atoms with Crippen molar-refractivity contribution >= 4 is 11.6 Å². The third kappa shape index (κ3) is 3.74. The van der Waals surface area contributed by atoms with Gasteiger partial charge >= 0.3 is 5.97 Å². The van der Waals surface area contributed by atoms with E-state index in [-0.39, 0.29) is 19.0 Å². The third-order valence-electron chi connectivity index (χ3n) is 5.91. The van der Waals surface area contributed by atoms with Crippen LogP contribution >= 0.6 is 0 Å². The Morgan fingerprint density at radius 3 is 2.69 bits per heavy atom. The van der Waals surface area contributed by atoms with E-state index in [2.05, 4.69) is 4.98 Å². The molecule has 2 unspecified atom stereocenters. The molecule has 2 aromatic carbocycles. The Bertz CT molecular complexity index is 1270. The monoisotopic (exact) mass is 428 g/mol. The van der Waals surface area contributed by atoms with Crippen LogP contribution in [0, 0.1) is 6.92 Å². The second-order valence-corrected chi connectivity index (χ2v) is 8.00. The SMILES string of the molecule is Cc1nc2c(OC3c4ccccc4CC3OC(=O)Cc3ccccc3)cccn2c1CO. The first-order chi connectivity index (χ1) is 15.6. The molecule has 162 valence electrons. The molecule has 0 amide bonds. The topological polar surface area (TPSA) is 73.1 Å². The van der Waals surface area contributed by atoms with Crippen LogP contribution in [0.1, 0.15) is 34.2 Å². The Labute approximate surface area is 186 Å². The number of pyridine rings is 1. The van der Waals surface area contributed by atoms with E-state index in [1.807, 2.05) is 84.3 Å². The zero-order valence-electron chi connectivity index (χ0n) is 17.8. The van der Waals surface area contributed by atoms with Crippen molar-refractivity contribution in [2.45, 2.75) is 38.6 Å². The fraction of sp³-hybridized carbons (Fsp3) is 0.231. The van der Waals surface area contributed by atoms with E-state index in [4.69, 9.17) is 9.47 Å². The molecule has 2 atom stereocenters. The molecule has 0 aliphatic heterocycles. The Hall–Kier alpha value is -3.64. The maximum Gasteiger partial charge on any atom is 0.310 e. The van der Waals surface area contributed by atoms with Crippen molar-refractivity contribution in [1.82, 2.24) is 9.38 Å². The van der Waals surface area contributed by atoms with Crippen molar-refractivity contribution in [2.24, 2.45) is 0 Å². The highest BCUT2D eigenvalue weighted by molar-refractivity contribution is 5.73. The Balaban J connectivity index is 1.44. The molecule has 1 N–H and O–H groups in total. The Kier molecular flexibility index (Phi) is 5.37. The van der Waals surface area contributed by atoms with Gasteiger partial charge in [0.05, 0.1) is 24.4 Å². The molecule has 0 bridgehead atoms. The molecule has 0 spiro atoms. The maximum absolute atomic E-state index is 12.7. The van der Waals surface area contributed by atoms with Gasteiger partial charge in [0, 0.05) is 12.6 Å². The van der Waals surface area contributed by atoms with Gasteiger partial charge in [0.25, 0.3) is 0 Å². The second-order valence-electron chi connectivity index (χ2n) is 8.00. The van der Waals surface area contributed by atoms with Crippen LogP contribution in [-0.4, -0.2) is 26.6 Å². The van der Waals surface area contributed by atoms with Crippen LogP contribution in [0.2, 0.25) is 0 Å². The van der Waals surface area contributed by atoms with Crippen LogP contribution in [0.5, 0.6) is 5.75 Å². The number of carbonyl (C=O) groups is 1. The molecule has 0 fully saturated rings. The lowest BCUT2D eigenvalue weighted by Crippen LogP contribution is -2.27. The summed E-state index contributed by atoms with van der Waals surface area (Å²) >= 11 is 0. The summed E-state index contributed by atoms with van der Waals surface area (Å²) in [5.74, 6) is 0.307. The number of rotatable bonds is 6. The largest absolute Gasteiger partial charge is 0.478 e. The van der Waals surface area contributed by atoms with E-state index in [1.165, 1.54) is 0 Å². The molecule has 5 rings (SSSR count). The van der Waals surface area contributed by atoms with Crippen molar-refractivity contribution in [3.63, 3.8) is 0 Å². The van der Waals surface area contributed by atoms with Gasteiger partial charge in [-0.05, 0) is 35.7 Å². The molecule has 4 aromatic rings. The molecule has 2 aromatic heterocycles. The van der Waals surface area contributed by atoms with Crippen LogP contribution in [0.25, 0.3) is 5.65 Å². The number of hydrogen-bond acceptors (Lipinski definition) is 5. The first kappa shape index (κ1) is 20.3. The van der Waals surface area contributed by atoms with Gasteiger partial charge in [-0.1, -0.05) is 54.6 Å². The zero-order valence-corrected chi connectivity index (χ0v) is 17.8. The number of nitrogens with zero attached hydrogens (tertiary/aromatic N) is 2. The lowest BCUT2D eigenvalue weighted by Gasteiger charge is -2.22. The third-order valence-corrected chi connectivity index (χ3v) is 5.91. The van der Waals surface area contributed by atoms with Crippen LogP contribution in [0.3, 0.4) is 0 Å². The number of fused-ring (bicyclic) bond motifs is 2. The maximum atomic E-state index is 12.7. The molecule has 6 heteroatoms. The normalized spacial score (nSPS) is 17.3. The van der Waals surface area contributed by atoms with Crippen molar-refractivity contribution in [2.75, 3.05) is 0 Å². The standard InChI is InChI=1S/C26H24N2O4/c1-17-21(16-29)28-13-7-12-22(26(28)27-17)32-25-20-11-6-5-10-19(20)15-23(25)31-24(30)14-18-8-3-2-4-9-18/h2-13,23,25,29H,14-16H2,1H3. The first-order valence-electron chi connectivity index (χ1n) is 10.7. The number of hydrogen-bond donors (Lipinski definition) is 1. The molecule has 0 saturated heterocycles. The quantitative estimate of drug-likeness (QED) is 0.471. The Morgan fingerprint density at radius 1 is 1.09 bits per heavy atom. The summed E-state index contributed by atoms with van der Waals surface area (Å²) in [7, 11) is 0. The van der Waals surface area contributed by atoms with E-state index in [0.29, 0.717) is 17.8 Å². The van der Waals surface area contributed by atoms with Crippen molar-refractivity contribution in [3.8, 4) is 5.75 Å². The van der Waals surface area contributed by atoms with Gasteiger partial charge in [-0.3, -0.25) is 9.20 Å². The van der Waals surface area contributed by atoms with Gasteiger partial charge in [-0.15, -0.1) is 0 Å². The second kappa shape index (κ2) is 8.48. The summed E-state index contributed by atoms with van der Waals surface area (Å²) < 4.78 is 14.2. The van der Waals surface area contributed by atoms with Gasteiger partial charge in [-0.2, -0.15) is 0 Å². The van der Waals surface area contributed by atoms with Crippen molar-refractivity contribution in [3.05, 3.63) is 101 Å². The number of ether oxygens (including phenoxy) is 2. The summed E-state index contributed by atoms with van der Waals surface area (Å²) in [5, 5.41) is 9.71. The highest BCUT2D eigenvalue weighted by Gasteiger charge is 2.37. The molecular weight excluding hydrogens is 404 g/mol. The van der Waals surface area contributed by atoms with E-state index in [9.17, 15) is 9.90 Å². The fourth-order valence-corrected chi connectivity index (χ4v) is 4.36. The molecular formula is C26H24N2O4. The van der Waals surface area contributed by atoms with Crippen LogP contribution < -0.4 is 4.74 Å². The minimum Gasteiger partial charge on any atom is -0.478 e. The summed E-state index contributed by atoms with van der Waals surface area (Å²) in [5.41, 5.74) is 5.15. The number of esters is 1. The number of aromatic nitrogens is 2. The minimum absolute atomic E-state index is 0.109. The lowest BCUT2D eigenvalue weighted by atomic mass is 10.1. The van der Waals surface area contributed by atoms with Crippen LogP contribution in [-0.2, 0) is 29.0 Å². The van der Waals surface area contributed by atoms with Crippen molar-refractivity contribution in [1.29, 1.82) is 0 Å². The minimum atomic E-state index is -0.438. The predicted octanol–water partition coefficient (Wildman–Crippen LogP) is 3.97. The molecule has 1 aliphatic rings. The molecule has 6 nitrogen and oxygen atoms in total. The van der Waals surface area contributed by atoms with Gasteiger partial charge in [0.1, 0.15) is 6.10 Å². The van der Waals surface area contributed by atoms with Gasteiger partial charge in [0.15, 0.2) is 17.5 Å². The van der Waals surface area contributed by atoms with Gasteiger partial charge in [0.2, 0.25) is 0 Å². The van der Waals surface area contributed by atoms with E-state index < -0.39 is 12.2 Å². The number of benzene rings is 2. The number of aliphatic hydroxyl groups is 1. The Morgan fingerprint density at radius 2 is 1.88 bits per heavy atom. The smallest absolute Gasteiger partial charge is 0.310 e. The number of aryl methyl sites for hydroxylation is 1. The van der Waals surface area contributed by atoms with E-state index >= 15 is 0 Å². The summed E-state index contributed by atoms with van der Waals surface area (Å²) in [6, 6.07) is 21.3. The average Bonchev–Trinajstić information content (AvgIpc) is 3.31. The van der Waals surface area contributed by atoms with E-state index in [0.717, 1.165) is 28.1 Å². The van der Waals surface area contributed by atoms with Crippen molar-refractivity contribution < 1.29 is 19.4 Å². The predicted molar refractivity (Wildman–Crippen MR) is 119 cm³/mol. The average molecular weight is 428 g/mol. The number of aliphatic hydroxyl groups excluding tert-OH is 1. The zero-order chi connectivity index (χ0) is 22.1. The van der Waals surface area contributed by atoms with Gasteiger partial charge in [-0.25, -0.2) is 4.98 Å². The highest BCUT2D eigenvalue weighted by atomic mass is 16.6. The van der Waals surface area contributed by atoms with Gasteiger partial charge < -0.3 is 14.6 Å². The molecule has 2 heterocycles. The fourth-order valence-electron chi connectivity index (χ4n) is 4.36. The molecule has 32 heavy (non-hydrogen) atoms. The number of imidazole rings is 1. The summed E-state index contributed by atoms with van der Waals surface area (Å²) in [6.07, 6.45) is 1.80. The highest BCUT2D eigenvalue weighted by Crippen LogP contribution is 2.38. The van der Waals surface area contributed by atoms with Crippen LogP contribution in [0.4, 0.5) is 0 Å². The number of carbonyl (C=O) groups excluding carboxylic acids is 1. The van der Waals surface area contributed by atoms with E-state index in [1.54, 1.807) is 0 Å².